The Morgan fingerprint density at radius 3 is 2.56 bits per heavy atom. The van der Waals surface area contributed by atoms with Crippen LogP contribution in [0, 0.1) is 5.82 Å². The van der Waals surface area contributed by atoms with E-state index in [0.717, 1.165) is 16.7 Å². The zero-order valence-corrected chi connectivity index (χ0v) is 21.2. The number of carbonyl (C=O) groups excluding carboxylic acids is 3. The van der Waals surface area contributed by atoms with Crippen molar-refractivity contribution in [2.24, 2.45) is 0 Å². The number of carbonyl (C=O) groups is 3. The van der Waals surface area contributed by atoms with Crippen LogP contribution in [0.5, 0.6) is 11.5 Å². The second kappa shape index (κ2) is 11.5. The number of imide groups is 1. The smallest absolute Gasteiger partial charge is 0.329 e. The van der Waals surface area contributed by atoms with Gasteiger partial charge in [0.25, 0.3) is 11.1 Å². The van der Waals surface area contributed by atoms with Gasteiger partial charge in [0.05, 0.1) is 18.1 Å². The van der Waals surface area contributed by atoms with E-state index in [2.05, 4.69) is 15.9 Å². The monoisotopic (exact) mass is 551 g/mol. The summed E-state index contributed by atoms with van der Waals surface area (Å²) in [4.78, 5) is 38.4. The number of rotatable bonds is 9. The summed E-state index contributed by atoms with van der Waals surface area (Å²) in [5.74, 6) is -0.724. The van der Waals surface area contributed by atoms with Crippen molar-refractivity contribution in [2.45, 2.75) is 33.4 Å². The molecular formula is C24H23BrFNO6S. The van der Waals surface area contributed by atoms with Crippen LogP contribution in [0.3, 0.4) is 0 Å². The number of halogens is 2. The third-order valence-electron chi connectivity index (χ3n) is 4.77. The number of benzene rings is 2. The Morgan fingerprint density at radius 1 is 1.15 bits per heavy atom. The van der Waals surface area contributed by atoms with Gasteiger partial charge >= 0.3 is 5.97 Å². The van der Waals surface area contributed by atoms with Gasteiger partial charge in [0.2, 0.25) is 0 Å². The maximum Gasteiger partial charge on any atom is 0.329 e. The Hall–Kier alpha value is -2.85. The summed E-state index contributed by atoms with van der Waals surface area (Å²) in [6.45, 7) is 5.57. The van der Waals surface area contributed by atoms with E-state index in [1.54, 1.807) is 37.3 Å². The molecule has 0 N–H and O–H groups in total. The van der Waals surface area contributed by atoms with E-state index in [1.165, 1.54) is 19.1 Å². The number of nitrogens with zero attached hydrogens (tertiary/aromatic N) is 1. The third kappa shape index (κ3) is 5.98. The van der Waals surface area contributed by atoms with Crippen LogP contribution in [0.4, 0.5) is 9.18 Å². The molecule has 34 heavy (non-hydrogen) atoms. The molecule has 1 aliphatic heterocycles. The zero-order chi connectivity index (χ0) is 24.8. The minimum atomic E-state index is -1.03. The predicted octanol–water partition coefficient (Wildman–Crippen LogP) is 5.55. The first-order chi connectivity index (χ1) is 16.2. The molecule has 7 nitrogen and oxygen atoms in total. The molecule has 1 aliphatic rings. The molecule has 1 heterocycles. The second-order valence-corrected chi connectivity index (χ2v) is 9.00. The number of amides is 2. The number of hydrogen-bond acceptors (Lipinski definition) is 7. The summed E-state index contributed by atoms with van der Waals surface area (Å²) >= 11 is 4.21. The third-order valence-corrected chi connectivity index (χ3v) is 6.34. The molecule has 2 amide bonds. The Morgan fingerprint density at radius 2 is 1.88 bits per heavy atom. The molecule has 0 unspecified atom stereocenters. The van der Waals surface area contributed by atoms with Gasteiger partial charge in [0.15, 0.2) is 11.5 Å². The molecule has 2 aromatic rings. The molecule has 180 valence electrons. The van der Waals surface area contributed by atoms with Gasteiger partial charge < -0.3 is 14.2 Å². The van der Waals surface area contributed by atoms with E-state index in [-0.39, 0.29) is 23.9 Å². The maximum absolute atomic E-state index is 13.4. The molecule has 0 bridgehead atoms. The van der Waals surface area contributed by atoms with Crippen LogP contribution in [-0.4, -0.2) is 41.3 Å². The minimum Gasteiger partial charge on any atom is -0.490 e. The van der Waals surface area contributed by atoms with E-state index >= 15 is 0 Å². The zero-order valence-electron chi connectivity index (χ0n) is 18.8. The van der Waals surface area contributed by atoms with Gasteiger partial charge in [-0.25, -0.2) is 9.18 Å². The van der Waals surface area contributed by atoms with Crippen LogP contribution in [0.1, 0.15) is 31.9 Å². The molecule has 0 aliphatic carbocycles. The van der Waals surface area contributed by atoms with Crippen LogP contribution < -0.4 is 9.47 Å². The van der Waals surface area contributed by atoms with Gasteiger partial charge in [-0.15, -0.1) is 0 Å². The van der Waals surface area contributed by atoms with E-state index in [0.29, 0.717) is 33.7 Å². The Labute approximate surface area is 209 Å². The van der Waals surface area contributed by atoms with Crippen molar-refractivity contribution < 1.29 is 33.0 Å². The highest BCUT2D eigenvalue weighted by Gasteiger charge is 2.41. The van der Waals surface area contributed by atoms with Crippen LogP contribution in [0.15, 0.2) is 45.8 Å². The Kier molecular flexibility index (Phi) is 8.73. The van der Waals surface area contributed by atoms with Gasteiger partial charge in [-0.1, -0.05) is 28.1 Å². The van der Waals surface area contributed by atoms with E-state index < -0.39 is 23.2 Å². The Balaban J connectivity index is 1.85. The summed E-state index contributed by atoms with van der Waals surface area (Å²) in [6.07, 6.45) is 1.55. The van der Waals surface area contributed by atoms with Gasteiger partial charge in [-0.05, 0) is 74.0 Å². The van der Waals surface area contributed by atoms with Crippen molar-refractivity contribution in [2.75, 3.05) is 13.2 Å². The van der Waals surface area contributed by atoms with Crippen LogP contribution in [-0.2, 0) is 20.9 Å². The van der Waals surface area contributed by atoms with Gasteiger partial charge in [-0.3, -0.25) is 14.5 Å². The van der Waals surface area contributed by atoms with Crippen LogP contribution >= 0.6 is 27.7 Å². The summed E-state index contributed by atoms with van der Waals surface area (Å²) in [6, 6.07) is 8.43. The van der Waals surface area contributed by atoms with Gasteiger partial charge in [-0.2, -0.15) is 0 Å². The van der Waals surface area contributed by atoms with Crippen molar-refractivity contribution in [3.63, 3.8) is 0 Å². The summed E-state index contributed by atoms with van der Waals surface area (Å²) in [7, 11) is 0. The van der Waals surface area contributed by atoms with Crippen molar-refractivity contribution in [3.8, 4) is 11.5 Å². The van der Waals surface area contributed by atoms with Crippen molar-refractivity contribution in [3.05, 3.63) is 62.7 Å². The molecule has 1 saturated heterocycles. The number of thioether (sulfide) groups is 1. The lowest BCUT2D eigenvalue weighted by molar-refractivity contribution is -0.150. The largest absolute Gasteiger partial charge is 0.490 e. The molecule has 0 aromatic heterocycles. The molecule has 1 fully saturated rings. The quantitative estimate of drug-likeness (QED) is 0.298. The average molecular weight is 552 g/mol. The first-order valence-electron chi connectivity index (χ1n) is 10.5. The molecule has 2 aromatic carbocycles. The minimum absolute atomic E-state index is 0.133. The van der Waals surface area contributed by atoms with Crippen LogP contribution in [0.2, 0.25) is 0 Å². The van der Waals surface area contributed by atoms with E-state index in [1.807, 2.05) is 6.92 Å². The SMILES string of the molecule is CCOC(=O)[C@@H](C)N1C(=O)S/C(=C/c2cc(OCC)c(OCc3cccc(F)c3)cc2Br)C1=O. The van der Waals surface area contributed by atoms with Crippen LogP contribution in [0.25, 0.3) is 6.08 Å². The topological polar surface area (TPSA) is 82.1 Å². The Bertz CT molecular complexity index is 1140. The summed E-state index contributed by atoms with van der Waals surface area (Å²) in [5, 5.41) is -0.548. The van der Waals surface area contributed by atoms with E-state index in [4.69, 9.17) is 14.2 Å². The normalized spacial score (nSPS) is 15.6. The second-order valence-electron chi connectivity index (χ2n) is 7.15. The van der Waals surface area contributed by atoms with Gasteiger partial charge in [0, 0.05) is 4.47 Å². The van der Waals surface area contributed by atoms with Crippen molar-refractivity contribution in [1.82, 2.24) is 4.90 Å². The highest BCUT2D eigenvalue weighted by Crippen LogP contribution is 2.39. The highest BCUT2D eigenvalue weighted by atomic mass is 79.9. The van der Waals surface area contributed by atoms with E-state index in [9.17, 15) is 18.8 Å². The number of ether oxygens (including phenoxy) is 3. The molecule has 0 saturated carbocycles. The average Bonchev–Trinajstić information content (AvgIpc) is 3.07. The number of esters is 1. The maximum atomic E-state index is 13.4. The van der Waals surface area contributed by atoms with Gasteiger partial charge in [0.1, 0.15) is 18.5 Å². The molecule has 0 radical (unpaired) electrons. The standard InChI is InChI=1S/C24H23BrFNO6S/c1-4-31-19-10-16(18(25)12-20(19)33-13-15-7-6-8-17(26)9-15)11-21-22(28)27(24(30)34-21)14(3)23(29)32-5-2/h6-12,14H,4-5,13H2,1-3H3/b21-11+/t14-/m1/s1. The lowest BCUT2D eigenvalue weighted by Gasteiger charge is -2.19. The summed E-state index contributed by atoms with van der Waals surface area (Å²) < 4.78 is 30.5. The fourth-order valence-electron chi connectivity index (χ4n) is 3.15. The molecule has 10 heteroatoms. The fraction of sp³-hybridized carbons (Fsp3) is 0.292. The lowest BCUT2D eigenvalue weighted by Crippen LogP contribution is -2.42. The fourth-order valence-corrected chi connectivity index (χ4v) is 4.49. The molecule has 0 spiro atoms. The summed E-state index contributed by atoms with van der Waals surface area (Å²) in [5.41, 5.74) is 1.24. The molecular weight excluding hydrogens is 529 g/mol. The first kappa shape index (κ1) is 25.8. The van der Waals surface area contributed by atoms with Crippen molar-refractivity contribution >= 4 is 50.9 Å². The molecule has 1 atom stereocenters. The van der Waals surface area contributed by atoms with Crippen molar-refractivity contribution in [1.29, 1.82) is 0 Å². The molecule has 3 rings (SSSR count). The lowest BCUT2D eigenvalue weighted by atomic mass is 10.1. The predicted molar refractivity (Wildman–Crippen MR) is 130 cm³/mol. The highest BCUT2D eigenvalue weighted by molar-refractivity contribution is 9.10. The number of hydrogen-bond donors (Lipinski definition) is 0. The first-order valence-corrected chi connectivity index (χ1v) is 12.1.